The number of carbonyl (C=O) groups excluding carboxylic acids is 2. The fourth-order valence-corrected chi connectivity index (χ4v) is 2.45. The maximum Gasteiger partial charge on any atom is 0.338 e. The lowest BCUT2D eigenvalue weighted by Crippen LogP contribution is -2.34. The number of fused-ring (bicyclic) bond motifs is 1. The summed E-state index contributed by atoms with van der Waals surface area (Å²) in [6, 6.07) is 8.30. The highest BCUT2D eigenvalue weighted by atomic mass is 19.1. The molecule has 1 unspecified atom stereocenters. The summed E-state index contributed by atoms with van der Waals surface area (Å²) in [5, 5.41) is 0. The second-order valence-electron chi connectivity index (χ2n) is 4.87. The summed E-state index contributed by atoms with van der Waals surface area (Å²) >= 11 is 0. The molecule has 1 aromatic rings. The van der Waals surface area contributed by atoms with Crippen LogP contribution < -0.4 is 0 Å². The monoisotopic (exact) mass is 280 g/mol. The van der Waals surface area contributed by atoms with Gasteiger partial charge in [-0.2, -0.15) is 0 Å². The molecule has 2 aliphatic rings. The van der Waals surface area contributed by atoms with Gasteiger partial charge in [0.05, 0.1) is 12.2 Å². The van der Waals surface area contributed by atoms with Crippen molar-refractivity contribution >= 4 is 11.9 Å². The van der Waals surface area contributed by atoms with Crippen LogP contribution >= 0.6 is 0 Å². The van der Waals surface area contributed by atoms with Crippen LogP contribution in [0.5, 0.6) is 0 Å². The SMILES string of the molecule is CC(=O)O[C@H]1CO[C@@H]2C(OC(=O)c3ccccc3)[C@@]12F. The minimum atomic E-state index is -1.92. The smallest absolute Gasteiger partial charge is 0.338 e. The van der Waals surface area contributed by atoms with Gasteiger partial charge in [-0.25, -0.2) is 9.18 Å². The summed E-state index contributed by atoms with van der Waals surface area (Å²) < 4.78 is 29.7. The number of alkyl halides is 1. The first-order valence-corrected chi connectivity index (χ1v) is 6.27. The first kappa shape index (κ1) is 13.1. The largest absolute Gasteiger partial charge is 0.456 e. The lowest BCUT2D eigenvalue weighted by atomic mass is 10.2. The van der Waals surface area contributed by atoms with Gasteiger partial charge in [-0.15, -0.1) is 0 Å². The van der Waals surface area contributed by atoms with Crippen LogP contribution in [0.15, 0.2) is 30.3 Å². The van der Waals surface area contributed by atoms with E-state index in [0.29, 0.717) is 5.56 Å². The third kappa shape index (κ3) is 1.96. The zero-order chi connectivity index (χ0) is 14.3. The number of hydrogen-bond acceptors (Lipinski definition) is 5. The molecule has 0 amide bonds. The maximum absolute atomic E-state index is 14.6. The highest BCUT2D eigenvalue weighted by molar-refractivity contribution is 5.89. The van der Waals surface area contributed by atoms with E-state index in [-0.39, 0.29) is 6.61 Å². The summed E-state index contributed by atoms with van der Waals surface area (Å²) in [6.45, 7) is 1.18. The van der Waals surface area contributed by atoms with Crippen LogP contribution in [-0.4, -0.2) is 42.5 Å². The van der Waals surface area contributed by atoms with Crippen molar-refractivity contribution in [2.45, 2.75) is 30.9 Å². The quantitative estimate of drug-likeness (QED) is 0.780. The van der Waals surface area contributed by atoms with Crippen LogP contribution in [0.2, 0.25) is 0 Å². The first-order valence-electron chi connectivity index (χ1n) is 6.27. The van der Waals surface area contributed by atoms with Crippen LogP contribution in [0.4, 0.5) is 4.39 Å². The number of hydrogen-bond donors (Lipinski definition) is 0. The number of rotatable bonds is 3. The molecular formula is C14H13FO5. The summed E-state index contributed by atoms with van der Waals surface area (Å²) in [5.41, 5.74) is -1.58. The second kappa shape index (κ2) is 4.56. The minimum absolute atomic E-state index is 0.0138. The van der Waals surface area contributed by atoms with Crippen molar-refractivity contribution in [1.82, 2.24) is 0 Å². The van der Waals surface area contributed by atoms with Gasteiger partial charge in [0.25, 0.3) is 0 Å². The van der Waals surface area contributed by atoms with Gasteiger partial charge in [0.1, 0.15) is 6.10 Å². The topological polar surface area (TPSA) is 61.8 Å². The molecule has 5 nitrogen and oxygen atoms in total. The average molecular weight is 280 g/mol. The van der Waals surface area contributed by atoms with Crippen molar-refractivity contribution < 1.29 is 28.2 Å². The van der Waals surface area contributed by atoms with Crippen LogP contribution in [-0.2, 0) is 19.0 Å². The van der Waals surface area contributed by atoms with Crippen molar-refractivity contribution in [1.29, 1.82) is 0 Å². The summed E-state index contributed by atoms with van der Waals surface area (Å²) in [4.78, 5) is 22.7. The van der Waals surface area contributed by atoms with Crippen LogP contribution in [0, 0.1) is 0 Å². The molecule has 6 heteroatoms. The van der Waals surface area contributed by atoms with Gasteiger partial charge in [0.2, 0.25) is 5.67 Å². The number of halogens is 1. The summed E-state index contributed by atoms with van der Waals surface area (Å²) in [6.07, 6.45) is -2.88. The van der Waals surface area contributed by atoms with Crippen molar-refractivity contribution in [2.24, 2.45) is 0 Å². The molecule has 1 heterocycles. The lowest BCUT2D eigenvalue weighted by molar-refractivity contribution is -0.152. The van der Waals surface area contributed by atoms with E-state index in [1.54, 1.807) is 30.3 Å². The van der Waals surface area contributed by atoms with Gasteiger partial charge in [0.15, 0.2) is 12.2 Å². The van der Waals surface area contributed by atoms with Gasteiger partial charge in [-0.05, 0) is 12.1 Å². The molecule has 0 radical (unpaired) electrons. The normalized spacial score (nSPS) is 34.2. The van der Waals surface area contributed by atoms with Crippen molar-refractivity contribution in [3.05, 3.63) is 35.9 Å². The predicted octanol–water partition coefficient (Wildman–Crippen LogP) is 1.26. The molecule has 0 aromatic heterocycles. The number of carbonyl (C=O) groups is 2. The van der Waals surface area contributed by atoms with E-state index in [9.17, 15) is 14.0 Å². The number of ether oxygens (including phenoxy) is 3. The first-order chi connectivity index (χ1) is 9.53. The Morgan fingerprint density at radius 3 is 2.65 bits per heavy atom. The third-order valence-electron chi connectivity index (χ3n) is 3.51. The van der Waals surface area contributed by atoms with Gasteiger partial charge < -0.3 is 14.2 Å². The fourth-order valence-electron chi connectivity index (χ4n) is 2.45. The Morgan fingerprint density at radius 1 is 1.30 bits per heavy atom. The highest BCUT2D eigenvalue weighted by Crippen LogP contribution is 2.54. The molecule has 2 fully saturated rings. The van der Waals surface area contributed by atoms with E-state index in [1.165, 1.54) is 6.92 Å². The van der Waals surface area contributed by atoms with E-state index in [4.69, 9.17) is 14.2 Å². The second-order valence-corrected chi connectivity index (χ2v) is 4.87. The molecule has 1 aromatic carbocycles. The van der Waals surface area contributed by atoms with E-state index in [0.717, 1.165) is 0 Å². The molecule has 1 aliphatic heterocycles. The predicted molar refractivity (Wildman–Crippen MR) is 64.8 cm³/mol. The molecule has 1 saturated heterocycles. The van der Waals surface area contributed by atoms with E-state index in [2.05, 4.69) is 0 Å². The molecule has 3 rings (SSSR count). The minimum Gasteiger partial charge on any atom is -0.456 e. The maximum atomic E-state index is 14.6. The molecule has 1 saturated carbocycles. The van der Waals surface area contributed by atoms with Crippen LogP contribution in [0.1, 0.15) is 17.3 Å². The summed E-state index contributed by atoms with van der Waals surface area (Å²) in [5.74, 6) is -1.21. The van der Waals surface area contributed by atoms with Gasteiger partial charge >= 0.3 is 11.9 Å². The molecule has 106 valence electrons. The van der Waals surface area contributed by atoms with E-state index >= 15 is 0 Å². The Hall–Kier alpha value is -1.95. The fraction of sp³-hybridized carbons (Fsp3) is 0.429. The van der Waals surface area contributed by atoms with Gasteiger partial charge in [0, 0.05) is 6.92 Å². The Balaban J connectivity index is 1.66. The molecule has 4 atom stereocenters. The lowest BCUT2D eigenvalue weighted by Gasteiger charge is -2.17. The third-order valence-corrected chi connectivity index (χ3v) is 3.51. The molecule has 1 aliphatic carbocycles. The summed E-state index contributed by atoms with van der Waals surface area (Å²) in [7, 11) is 0. The van der Waals surface area contributed by atoms with Gasteiger partial charge in [-0.1, -0.05) is 18.2 Å². The Labute approximate surface area is 114 Å². The molecule has 0 bridgehead atoms. The molecule has 20 heavy (non-hydrogen) atoms. The van der Waals surface area contributed by atoms with Crippen LogP contribution in [0.25, 0.3) is 0 Å². The van der Waals surface area contributed by atoms with Crippen molar-refractivity contribution in [3.63, 3.8) is 0 Å². The van der Waals surface area contributed by atoms with E-state index in [1.807, 2.05) is 0 Å². The van der Waals surface area contributed by atoms with Gasteiger partial charge in [-0.3, -0.25) is 4.79 Å². The molecule has 0 spiro atoms. The molecular weight excluding hydrogens is 267 g/mol. The molecule has 0 N–H and O–H groups in total. The van der Waals surface area contributed by atoms with E-state index < -0.39 is 35.9 Å². The van der Waals surface area contributed by atoms with Crippen LogP contribution in [0.3, 0.4) is 0 Å². The average Bonchev–Trinajstić information content (AvgIpc) is 2.84. The van der Waals surface area contributed by atoms with Crippen molar-refractivity contribution in [2.75, 3.05) is 6.61 Å². The Morgan fingerprint density at radius 2 is 2.00 bits per heavy atom. The highest BCUT2D eigenvalue weighted by Gasteiger charge is 2.80. The zero-order valence-electron chi connectivity index (χ0n) is 10.7. The Kier molecular flexibility index (Phi) is 2.97. The van der Waals surface area contributed by atoms with Crippen molar-refractivity contribution in [3.8, 4) is 0 Å². The number of esters is 2. The Bertz CT molecular complexity index is 546. The zero-order valence-corrected chi connectivity index (χ0v) is 10.7. The standard InChI is InChI=1S/C14H13FO5/c1-8(16)19-10-7-18-11-12(14(10,11)15)20-13(17)9-5-3-2-4-6-9/h2-6,10-12H,7H2,1H3/t10-,11+,12?,14+/m0/s1. The number of benzene rings is 1.